The Morgan fingerprint density at radius 3 is 2.55 bits per heavy atom. The van der Waals surface area contributed by atoms with Crippen molar-refractivity contribution in [2.24, 2.45) is 4.99 Å². The lowest BCUT2D eigenvalue weighted by molar-refractivity contribution is -0.117. The van der Waals surface area contributed by atoms with Crippen LogP contribution in [0.25, 0.3) is 0 Å². The summed E-state index contributed by atoms with van der Waals surface area (Å²) in [6, 6.07) is 15.1. The van der Waals surface area contributed by atoms with Crippen molar-refractivity contribution in [3.05, 3.63) is 80.1 Å². The van der Waals surface area contributed by atoms with E-state index in [0.717, 1.165) is 52.0 Å². The number of amides is 1. The molecule has 2 aromatic carbocycles. The predicted octanol–water partition coefficient (Wildman–Crippen LogP) is 5.46. The first-order valence-corrected chi connectivity index (χ1v) is 12.6. The standard InChI is InChI=1S/C26H23BrN2O3S/c1-32-19-12-8-16(9-13-19)21(30)15-29-23(31)14-28-25(17-6-10-18(27)11-7-17)24-20-4-2-3-5-22(20)33-26(24)29/h6-13H,2-5,14-15H2,1H3. The molecular formula is C26H23BrN2O3S. The van der Waals surface area contributed by atoms with E-state index in [-0.39, 0.29) is 24.8 Å². The third-order valence-electron chi connectivity index (χ3n) is 6.14. The van der Waals surface area contributed by atoms with Crippen LogP contribution >= 0.6 is 27.3 Å². The monoisotopic (exact) mass is 522 g/mol. The minimum absolute atomic E-state index is 0.000688. The van der Waals surface area contributed by atoms with Crippen LogP contribution in [-0.2, 0) is 17.6 Å². The van der Waals surface area contributed by atoms with Crippen molar-refractivity contribution in [1.29, 1.82) is 0 Å². The highest BCUT2D eigenvalue weighted by molar-refractivity contribution is 9.10. The fourth-order valence-corrected chi connectivity index (χ4v) is 6.10. The average molecular weight is 523 g/mol. The molecule has 0 unspecified atom stereocenters. The van der Waals surface area contributed by atoms with Crippen molar-refractivity contribution in [2.75, 3.05) is 25.1 Å². The van der Waals surface area contributed by atoms with E-state index < -0.39 is 0 Å². The van der Waals surface area contributed by atoms with E-state index in [0.29, 0.717) is 11.3 Å². The molecule has 0 saturated carbocycles. The van der Waals surface area contributed by atoms with Crippen LogP contribution in [0.3, 0.4) is 0 Å². The van der Waals surface area contributed by atoms with Gasteiger partial charge in [0.1, 0.15) is 17.3 Å². The molecule has 33 heavy (non-hydrogen) atoms. The van der Waals surface area contributed by atoms with Crippen LogP contribution in [-0.4, -0.2) is 37.6 Å². The molecule has 0 saturated heterocycles. The molecule has 1 aliphatic heterocycles. The topological polar surface area (TPSA) is 59.0 Å². The molecule has 3 aromatic rings. The van der Waals surface area contributed by atoms with Crippen LogP contribution in [0.4, 0.5) is 5.00 Å². The number of Topliss-reactive ketones (excluding diaryl/α,β-unsaturated/α-hetero) is 1. The third-order valence-corrected chi connectivity index (χ3v) is 7.98. The molecule has 0 radical (unpaired) electrons. The van der Waals surface area contributed by atoms with Gasteiger partial charge in [0.15, 0.2) is 5.78 Å². The predicted molar refractivity (Wildman–Crippen MR) is 135 cm³/mol. The molecule has 5 rings (SSSR count). The van der Waals surface area contributed by atoms with Gasteiger partial charge in [0.2, 0.25) is 5.91 Å². The van der Waals surface area contributed by atoms with Crippen molar-refractivity contribution >= 4 is 49.7 Å². The first-order valence-electron chi connectivity index (χ1n) is 11.0. The number of aryl methyl sites for hydroxylation is 1. The quantitative estimate of drug-likeness (QED) is 0.417. The number of anilines is 1. The fourth-order valence-electron chi connectivity index (χ4n) is 4.43. The second kappa shape index (κ2) is 9.23. The summed E-state index contributed by atoms with van der Waals surface area (Å²) in [5.41, 5.74) is 4.72. The van der Waals surface area contributed by atoms with Crippen LogP contribution in [0.5, 0.6) is 5.75 Å². The number of ketones is 1. The number of benzene rings is 2. The molecule has 168 valence electrons. The Kier molecular flexibility index (Phi) is 6.17. The molecule has 0 bridgehead atoms. The molecule has 5 nitrogen and oxygen atoms in total. The maximum absolute atomic E-state index is 13.2. The largest absolute Gasteiger partial charge is 0.497 e. The number of thiophene rings is 1. The highest BCUT2D eigenvalue weighted by atomic mass is 79.9. The molecular weight excluding hydrogens is 500 g/mol. The van der Waals surface area contributed by atoms with Crippen molar-refractivity contribution in [3.63, 3.8) is 0 Å². The van der Waals surface area contributed by atoms with E-state index in [1.807, 2.05) is 24.3 Å². The molecule has 1 aromatic heterocycles. The average Bonchev–Trinajstić information content (AvgIpc) is 3.16. The van der Waals surface area contributed by atoms with Crippen molar-refractivity contribution < 1.29 is 14.3 Å². The van der Waals surface area contributed by atoms with Gasteiger partial charge in [0, 0.05) is 26.0 Å². The minimum Gasteiger partial charge on any atom is -0.497 e. The number of carbonyl (C=O) groups excluding carboxylic acids is 2. The highest BCUT2D eigenvalue weighted by Gasteiger charge is 2.33. The van der Waals surface area contributed by atoms with Crippen molar-refractivity contribution in [1.82, 2.24) is 0 Å². The summed E-state index contributed by atoms with van der Waals surface area (Å²) in [5, 5.41) is 0.855. The number of nitrogens with zero attached hydrogens (tertiary/aromatic N) is 2. The number of aliphatic imine (C=N–C) groups is 1. The molecule has 2 aliphatic rings. The number of halogens is 1. The number of carbonyl (C=O) groups is 2. The highest BCUT2D eigenvalue weighted by Crippen LogP contribution is 2.42. The molecule has 0 fully saturated rings. The Labute approximate surface area is 205 Å². The third kappa shape index (κ3) is 4.27. The van der Waals surface area contributed by atoms with Gasteiger partial charge in [-0.1, -0.05) is 28.1 Å². The van der Waals surface area contributed by atoms with E-state index >= 15 is 0 Å². The molecule has 0 atom stereocenters. The van der Waals surface area contributed by atoms with Crippen molar-refractivity contribution in [2.45, 2.75) is 25.7 Å². The summed E-state index contributed by atoms with van der Waals surface area (Å²) in [4.78, 5) is 34.1. The van der Waals surface area contributed by atoms with Gasteiger partial charge < -0.3 is 4.74 Å². The molecule has 7 heteroatoms. The number of hydrogen-bond donors (Lipinski definition) is 0. The van der Waals surface area contributed by atoms with Gasteiger partial charge in [-0.3, -0.25) is 19.5 Å². The van der Waals surface area contributed by atoms with Crippen LogP contribution in [0.15, 0.2) is 58.0 Å². The summed E-state index contributed by atoms with van der Waals surface area (Å²) < 4.78 is 6.19. The molecule has 2 heterocycles. The van der Waals surface area contributed by atoms with Crippen LogP contribution in [0.1, 0.15) is 44.8 Å². The second-order valence-electron chi connectivity index (χ2n) is 8.19. The lowest BCUT2D eigenvalue weighted by Crippen LogP contribution is -2.36. The molecule has 0 spiro atoms. The summed E-state index contributed by atoms with van der Waals surface area (Å²) in [5.74, 6) is 0.442. The number of methoxy groups -OCH3 is 1. The second-order valence-corrected chi connectivity index (χ2v) is 10.2. The van der Waals surface area contributed by atoms with Gasteiger partial charge in [-0.25, -0.2) is 0 Å². The van der Waals surface area contributed by atoms with Crippen LogP contribution in [0.2, 0.25) is 0 Å². The summed E-state index contributed by atoms with van der Waals surface area (Å²) in [6.07, 6.45) is 4.26. The first kappa shape index (κ1) is 22.0. The van der Waals surface area contributed by atoms with Gasteiger partial charge in [-0.15, -0.1) is 11.3 Å². The maximum Gasteiger partial charge on any atom is 0.249 e. The van der Waals surface area contributed by atoms with E-state index in [4.69, 9.17) is 9.73 Å². The van der Waals surface area contributed by atoms with Crippen LogP contribution < -0.4 is 9.64 Å². The summed E-state index contributed by atoms with van der Waals surface area (Å²) in [6.45, 7) is 0.0259. The lowest BCUT2D eigenvalue weighted by Gasteiger charge is -2.20. The maximum atomic E-state index is 13.2. The molecule has 1 amide bonds. The zero-order valence-corrected chi connectivity index (χ0v) is 20.7. The SMILES string of the molecule is COc1ccc(C(=O)CN2C(=O)CN=C(c3ccc(Br)cc3)c3c2sc2c3CCCC2)cc1. The zero-order chi connectivity index (χ0) is 22.9. The first-order chi connectivity index (χ1) is 16.0. The zero-order valence-electron chi connectivity index (χ0n) is 18.3. The van der Waals surface area contributed by atoms with Gasteiger partial charge >= 0.3 is 0 Å². The van der Waals surface area contributed by atoms with E-state index in [1.165, 1.54) is 10.4 Å². The van der Waals surface area contributed by atoms with E-state index in [2.05, 4.69) is 15.9 Å². The normalized spacial score (nSPS) is 15.4. The number of ether oxygens (including phenoxy) is 1. The smallest absolute Gasteiger partial charge is 0.249 e. The summed E-state index contributed by atoms with van der Waals surface area (Å²) in [7, 11) is 1.59. The van der Waals surface area contributed by atoms with Gasteiger partial charge in [0.25, 0.3) is 0 Å². The Balaban J connectivity index is 1.56. The Morgan fingerprint density at radius 2 is 1.82 bits per heavy atom. The fraction of sp³-hybridized carbons (Fsp3) is 0.269. The lowest BCUT2D eigenvalue weighted by atomic mass is 9.91. The van der Waals surface area contributed by atoms with Crippen molar-refractivity contribution in [3.8, 4) is 5.75 Å². The Morgan fingerprint density at radius 1 is 1.09 bits per heavy atom. The molecule has 1 aliphatic carbocycles. The van der Waals surface area contributed by atoms with E-state index in [9.17, 15) is 9.59 Å². The van der Waals surface area contributed by atoms with Gasteiger partial charge in [-0.05, 0) is 67.6 Å². The Hall–Kier alpha value is -2.77. The van der Waals surface area contributed by atoms with Gasteiger partial charge in [-0.2, -0.15) is 0 Å². The minimum atomic E-state index is -0.149. The molecule has 0 N–H and O–H groups in total. The van der Waals surface area contributed by atoms with Gasteiger partial charge in [0.05, 0.1) is 19.4 Å². The van der Waals surface area contributed by atoms with Crippen LogP contribution in [0, 0.1) is 0 Å². The summed E-state index contributed by atoms with van der Waals surface area (Å²) >= 11 is 5.15. The number of rotatable bonds is 5. The number of fused-ring (bicyclic) bond motifs is 3. The van der Waals surface area contributed by atoms with E-state index in [1.54, 1.807) is 47.6 Å². The Bertz CT molecular complexity index is 1250. The number of hydrogen-bond acceptors (Lipinski definition) is 5.